The molecule has 0 bridgehead atoms. The Morgan fingerprint density at radius 2 is 2.19 bits per heavy atom. The molecule has 0 saturated carbocycles. The van der Waals surface area contributed by atoms with Crippen molar-refractivity contribution in [3.8, 4) is 0 Å². The first-order valence-electron chi connectivity index (χ1n) is 5.26. The van der Waals surface area contributed by atoms with Gasteiger partial charge in [0.15, 0.2) is 0 Å². The highest BCUT2D eigenvalue weighted by atomic mass is 16.5. The molecule has 0 fully saturated rings. The quantitative estimate of drug-likeness (QED) is 0.441. The highest BCUT2D eigenvalue weighted by Crippen LogP contribution is 1.91. The van der Waals surface area contributed by atoms with E-state index in [-0.39, 0.29) is 13.2 Å². The van der Waals surface area contributed by atoms with Gasteiger partial charge in [0, 0.05) is 19.3 Å². The van der Waals surface area contributed by atoms with Gasteiger partial charge in [-0.3, -0.25) is 0 Å². The van der Waals surface area contributed by atoms with Crippen molar-refractivity contribution >= 4 is 0 Å². The number of nitrogens with one attached hydrogen (secondary N) is 1. The molecule has 0 radical (unpaired) electrons. The average Bonchev–Trinajstić information content (AvgIpc) is 2.72. The summed E-state index contributed by atoms with van der Waals surface area (Å²) in [5.74, 6) is 0. The maximum atomic E-state index is 8.68. The Kier molecular flexibility index (Phi) is 6.66. The van der Waals surface area contributed by atoms with Crippen LogP contribution >= 0.6 is 0 Å². The Bertz CT molecular complexity index is 279. The summed E-state index contributed by atoms with van der Waals surface area (Å²) in [6.45, 7) is 2.83. The van der Waals surface area contributed by atoms with Crippen LogP contribution in [0.25, 0.3) is 0 Å². The SMILES string of the molecule is OCCOCCNCc1cn(CCO)nn1. The predicted molar refractivity (Wildman–Crippen MR) is 56.7 cm³/mol. The van der Waals surface area contributed by atoms with Crippen LogP contribution in [0.15, 0.2) is 6.20 Å². The molecule has 0 amide bonds. The van der Waals surface area contributed by atoms with E-state index in [0.29, 0.717) is 32.8 Å². The predicted octanol–water partition coefficient (Wildman–Crippen LogP) is -1.63. The van der Waals surface area contributed by atoms with Gasteiger partial charge in [-0.2, -0.15) is 0 Å². The molecule has 0 atom stereocenters. The van der Waals surface area contributed by atoms with E-state index in [1.807, 2.05) is 0 Å². The summed E-state index contributed by atoms with van der Waals surface area (Å²) in [7, 11) is 0. The third-order valence-corrected chi connectivity index (χ3v) is 1.88. The largest absolute Gasteiger partial charge is 0.394 e. The lowest BCUT2D eigenvalue weighted by Crippen LogP contribution is -2.20. The first-order chi connectivity index (χ1) is 7.86. The molecule has 0 saturated heterocycles. The summed E-state index contributed by atoms with van der Waals surface area (Å²) in [6.07, 6.45) is 1.79. The van der Waals surface area contributed by atoms with Crippen molar-refractivity contribution in [1.29, 1.82) is 0 Å². The molecule has 1 heterocycles. The van der Waals surface area contributed by atoms with Crippen molar-refractivity contribution in [2.45, 2.75) is 13.1 Å². The van der Waals surface area contributed by atoms with Crippen LogP contribution in [0.2, 0.25) is 0 Å². The highest BCUT2D eigenvalue weighted by Gasteiger charge is 1.99. The van der Waals surface area contributed by atoms with Crippen molar-refractivity contribution in [3.63, 3.8) is 0 Å². The van der Waals surface area contributed by atoms with Crippen LogP contribution < -0.4 is 5.32 Å². The van der Waals surface area contributed by atoms with Crippen molar-refractivity contribution in [2.75, 3.05) is 33.0 Å². The van der Waals surface area contributed by atoms with Crippen molar-refractivity contribution in [1.82, 2.24) is 20.3 Å². The van der Waals surface area contributed by atoms with Crippen LogP contribution in [0.5, 0.6) is 0 Å². The van der Waals surface area contributed by atoms with Crippen LogP contribution in [0.1, 0.15) is 5.69 Å². The highest BCUT2D eigenvalue weighted by molar-refractivity contribution is 4.91. The summed E-state index contributed by atoms with van der Waals surface area (Å²) in [6, 6.07) is 0. The number of aliphatic hydroxyl groups is 2. The molecule has 1 rings (SSSR count). The summed E-state index contributed by atoms with van der Waals surface area (Å²) in [5, 5.41) is 28.0. The van der Waals surface area contributed by atoms with Gasteiger partial charge in [-0.15, -0.1) is 5.10 Å². The fourth-order valence-electron chi connectivity index (χ4n) is 1.16. The molecule has 0 aromatic carbocycles. The van der Waals surface area contributed by atoms with Crippen molar-refractivity contribution in [2.24, 2.45) is 0 Å². The van der Waals surface area contributed by atoms with Crippen LogP contribution in [0.4, 0.5) is 0 Å². The normalized spacial score (nSPS) is 10.9. The van der Waals surface area contributed by atoms with Crippen LogP contribution in [0, 0.1) is 0 Å². The van der Waals surface area contributed by atoms with Gasteiger partial charge in [0.1, 0.15) is 0 Å². The number of aromatic nitrogens is 3. The lowest BCUT2D eigenvalue weighted by atomic mass is 10.4. The first-order valence-corrected chi connectivity index (χ1v) is 5.26. The molecule has 7 nitrogen and oxygen atoms in total. The van der Waals surface area contributed by atoms with E-state index in [0.717, 1.165) is 5.69 Å². The second kappa shape index (κ2) is 8.17. The Labute approximate surface area is 94.0 Å². The van der Waals surface area contributed by atoms with E-state index in [2.05, 4.69) is 15.6 Å². The van der Waals surface area contributed by atoms with Gasteiger partial charge in [-0.05, 0) is 0 Å². The molecule has 7 heteroatoms. The van der Waals surface area contributed by atoms with Gasteiger partial charge in [0.2, 0.25) is 0 Å². The lowest BCUT2D eigenvalue weighted by Gasteiger charge is -2.02. The topological polar surface area (TPSA) is 92.4 Å². The molecule has 1 aromatic heterocycles. The number of nitrogens with zero attached hydrogens (tertiary/aromatic N) is 3. The zero-order valence-electron chi connectivity index (χ0n) is 9.17. The van der Waals surface area contributed by atoms with Crippen molar-refractivity contribution < 1.29 is 14.9 Å². The fraction of sp³-hybridized carbons (Fsp3) is 0.778. The minimum atomic E-state index is 0.0511. The van der Waals surface area contributed by atoms with Gasteiger partial charge < -0.3 is 20.3 Å². The Morgan fingerprint density at radius 3 is 2.94 bits per heavy atom. The molecular formula is C9H18N4O3. The maximum absolute atomic E-state index is 8.68. The third kappa shape index (κ3) is 5.17. The number of ether oxygens (including phenoxy) is 1. The second-order valence-corrected chi connectivity index (χ2v) is 3.21. The van der Waals surface area contributed by atoms with Crippen LogP contribution in [-0.4, -0.2) is 58.2 Å². The maximum Gasteiger partial charge on any atom is 0.0964 e. The van der Waals surface area contributed by atoms with E-state index in [4.69, 9.17) is 14.9 Å². The van der Waals surface area contributed by atoms with E-state index >= 15 is 0 Å². The monoisotopic (exact) mass is 230 g/mol. The van der Waals surface area contributed by atoms with E-state index < -0.39 is 0 Å². The molecule has 0 spiro atoms. The number of hydrogen-bond acceptors (Lipinski definition) is 6. The van der Waals surface area contributed by atoms with E-state index in [9.17, 15) is 0 Å². The zero-order valence-corrected chi connectivity index (χ0v) is 9.17. The molecule has 0 aliphatic rings. The zero-order chi connectivity index (χ0) is 11.6. The molecule has 0 unspecified atom stereocenters. The minimum absolute atomic E-state index is 0.0511. The van der Waals surface area contributed by atoms with Crippen LogP contribution in [-0.2, 0) is 17.8 Å². The average molecular weight is 230 g/mol. The Balaban J connectivity index is 2.07. The number of rotatable bonds is 9. The summed E-state index contributed by atoms with van der Waals surface area (Å²) >= 11 is 0. The fourth-order valence-corrected chi connectivity index (χ4v) is 1.16. The summed E-state index contributed by atoms with van der Waals surface area (Å²) in [4.78, 5) is 0. The van der Waals surface area contributed by atoms with E-state index in [1.165, 1.54) is 0 Å². The second-order valence-electron chi connectivity index (χ2n) is 3.21. The molecule has 16 heavy (non-hydrogen) atoms. The third-order valence-electron chi connectivity index (χ3n) is 1.88. The van der Waals surface area contributed by atoms with Gasteiger partial charge in [0.05, 0.1) is 38.7 Å². The standard InChI is InChI=1S/C9H18N4O3/c14-3-2-13-8-9(11-12-13)7-10-1-5-16-6-4-15/h8,10,14-15H,1-7H2. The molecule has 0 aliphatic carbocycles. The summed E-state index contributed by atoms with van der Waals surface area (Å²) < 4.78 is 6.67. The molecule has 92 valence electrons. The van der Waals surface area contributed by atoms with E-state index in [1.54, 1.807) is 10.9 Å². The Morgan fingerprint density at radius 1 is 1.31 bits per heavy atom. The molecular weight excluding hydrogens is 212 g/mol. The Hall–Kier alpha value is -1.02. The summed E-state index contributed by atoms with van der Waals surface area (Å²) in [5.41, 5.74) is 0.829. The van der Waals surface area contributed by atoms with Gasteiger partial charge in [-0.1, -0.05) is 5.21 Å². The van der Waals surface area contributed by atoms with Crippen LogP contribution in [0.3, 0.4) is 0 Å². The molecule has 0 aliphatic heterocycles. The first kappa shape index (κ1) is 13.0. The number of aliphatic hydroxyl groups excluding tert-OH is 2. The van der Waals surface area contributed by atoms with Gasteiger partial charge >= 0.3 is 0 Å². The lowest BCUT2D eigenvalue weighted by molar-refractivity contribution is 0.0937. The van der Waals surface area contributed by atoms with Gasteiger partial charge in [-0.25, -0.2) is 4.68 Å². The smallest absolute Gasteiger partial charge is 0.0964 e. The number of hydrogen-bond donors (Lipinski definition) is 3. The van der Waals surface area contributed by atoms with Gasteiger partial charge in [0.25, 0.3) is 0 Å². The molecule has 1 aromatic rings. The van der Waals surface area contributed by atoms with Crippen molar-refractivity contribution in [3.05, 3.63) is 11.9 Å². The minimum Gasteiger partial charge on any atom is -0.394 e. The molecule has 3 N–H and O–H groups in total.